The van der Waals surface area contributed by atoms with Crippen molar-refractivity contribution in [1.82, 2.24) is 9.55 Å². The highest BCUT2D eigenvalue weighted by atomic mass is 16.6. The summed E-state index contributed by atoms with van der Waals surface area (Å²) in [6.07, 6.45) is -2.26. The first-order valence-electron chi connectivity index (χ1n) is 13.9. The summed E-state index contributed by atoms with van der Waals surface area (Å²) < 4.78 is 24.4. The van der Waals surface area contributed by atoms with E-state index < -0.39 is 40.7 Å². The molecule has 10 heteroatoms. The van der Waals surface area contributed by atoms with Crippen LogP contribution in [0.4, 0.5) is 0 Å². The summed E-state index contributed by atoms with van der Waals surface area (Å²) in [6, 6.07) is 24.3. The number of aromatic amines is 1. The van der Waals surface area contributed by atoms with Gasteiger partial charge in [-0.05, 0) is 47.9 Å². The Morgan fingerprint density at radius 2 is 1.47 bits per heavy atom. The minimum atomic E-state index is -1.72. The highest BCUT2D eigenvalue weighted by molar-refractivity contribution is 5.55. The number of hydrogen-bond donors (Lipinski definition) is 3. The molecule has 0 saturated carbocycles. The molecule has 2 heterocycles. The number of H-pyrrole nitrogens is 1. The molecule has 1 saturated heterocycles. The van der Waals surface area contributed by atoms with Crippen molar-refractivity contribution < 1.29 is 29.2 Å². The standard InChI is InChI=1S/C33H36N2O8/c1-21-19-35(31(39)34-30(21)38)32(18-27(36)29(43-32)28(37)20-40-2)33(22-8-6-5-7-9-22,23-10-14-25(41-3)15-11-23)24-12-16-26(42-4)17-13-24/h5-17,19,27-29,36-37H,18,20H2,1-4H3,(H,34,38,39)/t27-,28-,29-,32-/m0/s1. The van der Waals surface area contributed by atoms with Gasteiger partial charge in [-0.1, -0.05) is 54.6 Å². The molecular formula is C33H36N2O8. The Balaban J connectivity index is 1.97. The second-order valence-corrected chi connectivity index (χ2v) is 10.7. The molecule has 0 bridgehead atoms. The van der Waals surface area contributed by atoms with Crippen LogP contribution in [-0.2, 0) is 20.6 Å². The van der Waals surface area contributed by atoms with E-state index in [2.05, 4.69) is 4.98 Å². The molecular weight excluding hydrogens is 552 g/mol. The fraction of sp³-hybridized carbons (Fsp3) is 0.333. The largest absolute Gasteiger partial charge is 0.497 e. The predicted octanol–water partition coefficient (Wildman–Crippen LogP) is 2.71. The zero-order valence-corrected chi connectivity index (χ0v) is 24.5. The van der Waals surface area contributed by atoms with E-state index in [1.165, 1.54) is 17.9 Å². The van der Waals surface area contributed by atoms with Crippen LogP contribution in [0.25, 0.3) is 0 Å². The van der Waals surface area contributed by atoms with Crippen LogP contribution in [0.3, 0.4) is 0 Å². The lowest BCUT2D eigenvalue weighted by Crippen LogP contribution is -2.59. The number of rotatable bonds is 10. The molecule has 5 rings (SSSR count). The van der Waals surface area contributed by atoms with Crippen molar-refractivity contribution in [3.8, 4) is 11.5 Å². The van der Waals surface area contributed by atoms with Gasteiger partial charge in [0.15, 0.2) is 5.72 Å². The highest BCUT2D eigenvalue weighted by Crippen LogP contribution is 2.57. The average molecular weight is 589 g/mol. The molecule has 226 valence electrons. The van der Waals surface area contributed by atoms with Crippen molar-refractivity contribution in [2.45, 2.75) is 42.8 Å². The number of aliphatic hydroxyl groups is 2. The van der Waals surface area contributed by atoms with Gasteiger partial charge in [-0.15, -0.1) is 0 Å². The number of aromatic nitrogens is 2. The summed E-state index contributed by atoms with van der Waals surface area (Å²) in [5.41, 5.74) is -1.92. The third-order valence-corrected chi connectivity index (χ3v) is 8.26. The van der Waals surface area contributed by atoms with Gasteiger partial charge in [-0.3, -0.25) is 14.3 Å². The Labute approximate surface area is 249 Å². The predicted molar refractivity (Wildman–Crippen MR) is 160 cm³/mol. The summed E-state index contributed by atoms with van der Waals surface area (Å²) in [6.45, 7) is 1.48. The molecule has 0 amide bonds. The SMILES string of the molecule is COC[C@H](O)[C@H]1O[C@](n2cc(C)c(=O)[nH]c2=O)(C(c2ccccc2)(c2ccc(OC)cc2)c2ccc(OC)cc2)C[C@@H]1O. The van der Waals surface area contributed by atoms with Crippen molar-refractivity contribution in [1.29, 1.82) is 0 Å². The lowest BCUT2D eigenvalue weighted by Gasteiger charge is -2.50. The van der Waals surface area contributed by atoms with Gasteiger partial charge in [0.2, 0.25) is 0 Å². The zero-order valence-electron chi connectivity index (χ0n) is 24.5. The molecule has 10 nitrogen and oxygen atoms in total. The normalized spacial score (nSPS) is 21.0. The molecule has 1 aliphatic heterocycles. The van der Waals surface area contributed by atoms with E-state index in [0.29, 0.717) is 22.6 Å². The summed E-state index contributed by atoms with van der Waals surface area (Å²) in [7, 11) is 4.59. The van der Waals surface area contributed by atoms with E-state index in [9.17, 15) is 19.8 Å². The van der Waals surface area contributed by atoms with Crippen LogP contribution in [0.2, 0.25) is 0 Å². The molecule has 1 aromatic heterocycles. The van der Waals surface area contributed by atoms with Crippen LogP contribution < -0.4 is 20.7 Å². The van der Waals surface area contributed by atoms with Crippen molar-refractivity contribution >= 4 is 0 Å². The van der Waals surface area contributed by atoms with E-state index in [0.717, 1.165) is 5.56 Å². The van der Waals surface area contributed by atoms with Gasteiger partial charge >= 0.3 is 5.69 Å². The van der Waals surface area contributed by atoms with Crippen LogP contribution in [0, 0.1) is 6.92 Å². The smallest absolute Gasteiger partial charge is 0.330 e. The number of benzene rings is 3. The quantitative estimate of drug-likeness (QED) is 0.241. The Hall–Kier alpha value is -4.22. The van der Waals surface area contributed by atoms with Crippen molar-refractivity contribution in [3.63, 3.8) is 0 Å². The average Bonchev–Trinajstić information content (AvgIpc) is 3.38. The maximum Gasteiger partial charge on any atom is 0.330 e. The second-order valence-electron chi connectivity index (χ2n) is 10.7. The molecule has 1 fully saturated rings. The van der Waals surface area contributed by atoms with E-state index in [1.807, 2.05) is 78.9 Å². The van der Waals surface area contributed by atoms with Crippen molar-refractivity contribution in [2.24, 2.45) is 0 Å². The third kappa shape index (κ3) is 5.06. The number of methoxy groups -OCH3 is 3. The molecule has 0 aliphatic carbocycles. The number of aryl methyl sites for hydroxylation is 1. The minimum Gasteiger partial charge on any atom is -0.497 e. The third-order valence-electron chi connectivity index (χ3n) is 8.26. The Morgan fingerprint density at radius 1 is 0.930 bits per heavy atom. The number of hydrogen-bond acceptors (Lipinski definition) is 8. The first-order chi connectivity index (χ1) is 20.7. The first kappa shape index (κ1) is 30.2. The number of nitrogens with zero attached hydrogens (tertiary/aromatic N) is 1. The Morgan fingerprint density at radius 3 is 1.98 bits per heavy atom. The van der Waals surface area contributed by atoms with Gasteiger partial charge < -0.3 is 29.2 Å². The van der Waals surface area contributed by atoms with Gasteiger partial charge in [0.25, 0.3) is 5.56 Å². The molecule has 3 aromatic carbocycles. The number of nitrogens with one attached hydrogen (secondary N) is 1. The summed E-state index contributed by atoms with van der Waals surface area (Å²) >= 11 is 0. The van der Waals surface area contributed by atoms with E-state index >= 15 is 0 Å². The molecule has 3 N–H and O–H groups in total. The molecule has 4 atom stereocenters. The maximum absolute atomic E-state index is 13.9. The second kappa shape index (κ2) is 12.2. The summed E-state index contributed by atoms with van der Waals surface area (Å²) in [5, 5.41) is 22.7. The van der Waals surface area contributed by atoms with Crippen LogP contribution in [-0.4, -0.2) is 66.0 Å². The fourth-order valence-corrected chi connectivity index (χ4v) is 6.31. The molecule has 0 spiro atoms. The zero-order chi connectivity index (χ0) is 30.8. The first-order valence-corrected chi connectivity index (χ1v) is 13.9. The molecule has 1 aliphatic rings. The van der Waals surface area contributed by atoms with Crippen LogP contribution >= 0.6 is 0 Å². The minimum absolute atomic E-state index is 0.110. The van der Waals surface area contributed by atoms with E-state index in [1.54, 1.807) is 21.1 Å². The van der Waals surface area contributed by atoms with Crippen LogP contribution in [0.15, 0.2) is 94.6 Å². The van der Waals surface area contributed by atoms with E-state index in [-0.39, 0.29) is 18.6 Å². The Kier molecular flexibility index (Phi) is 8.57. The lowest BCUT2D eigenvalue weighted by atomic mass is 9.61. The monoisotopic (exact) mass is 588 g/mol. The number of aliphatic hydroxyl groups excluding tert-OH is 2. The van der Waals surface area contributed by atoms with Gasteiger partial charge in [0.05, 0.1) is 32.3 Å². The molecule has 0 radical (unpaired) electrons. The van der Waals surface area contributed by atoms with Gasteiger partial charge in [0.1, 0.15) is 23.7 Å². The molecule has 43 heavy (non-hydrogen) atoms. The topological polar surface area (TPSA) is 132 Å². The fourth-order valence-electron chi connectivity index (χ4n) is 6.31. The summed E-state index contributed by atoms with van der Waals surface area (Å²) in [5.74, 6) is 1.24. The molecule has 4 aromatic rings. The van der Waals surface area contributed by atoms with Gasteiger partial charge in [-0.25, -0.2) is 4.79 Å². The Bertz CT molecular complexity index is 1600. The van der Waals surface area contributed by atoms with Gasteiger partial charge in [-0.2, -0.15) is 0 Å². The van der Waals surface area contributed by atoms with Gasteiger partial charge in [0, 0.05) is 25.3 Å². The van der Waals surface area contributed by atoms with Crippen LogP contribution in [0.5, 0.6) is 11.5 Å². The lowest BCUT2D eigenvalue weighted by molar-refractivity contribution is -0.171. The number of ether oxygens (including phenoxy) is 4. The van der Waals surface area contributed by atoms with E-state index in [4.69, 9.17) is 18.9 Å². The van der Waals surface area contributed by atoms with Crippen molar-refractivity contribution in [3.05, 3.63) is 128 Å². The van der Waals surface area contributed by atoms with Crippen molar-refractivity contribution in [2.75, 3.05) is 27.9 Å². The summed E-state index contributed by atoms with van der Waals surface area (Å²) in [4.78, 5) is 28.9. The van der Waals surface area contributed by atoms with Crippen LogP contribution in [0.1, 0.15) is 28.7 Å². The molecule has 0 unspecified atom stereocenters. The maximum atomic E-state index is 13.9. The highest BCUT2D eigenvalue weighted by Gasteiger charge is 2.64.